The van der Waals surface area contributed by atoms with Crippen LogP contribution in [0.25, 0.3) is 0 Å². The van der Waals surface area contributed by atoms with Crippen LogP contribution in [0.4, 0.5) is 11.4 Å². The molecular formula is C47H63Cl3N3Nd. The third kappa shape index (κ3) is 11.6. The van der Waals surface area contributed by atoms with Crippen molar-refractivity contribution in [2.75, 3.05) is 0 Å². The summed E-state index contributed by atoms with van der Waals surface area (Å²) < 4.78 is 0. The molecule has 2 aromatic carbocycles. The summed E-state index contributed by atoms with van der Waals surface area (Å²) in [5.41, 5.74) is 15.4. The largest absolute Gasteiger partial charge is 3.00 e. The predicted molar refractivity (Wildman–Crippen MR) is 214 cm³/mol. The molecule has 7 heteroatoms. The van der Waals surface area contributed by atoms with Gasteiger partial charge in [0.25, 0.3) is 0 Å². The Labute approximate surface area is 379 Å². The molecule has 7 rings (SSSR count). The molecule has 0 N–H and O–H groups in total. The van der Waals surface area contributed by atoms with E-state index in [1.807, 2.05) is 0 Å². The molecule has 4 saturated carbocycles. The molecular weight excluding hydrogens is 857 g/mol. The van der Waals surface area contributed by atoms with Gasteiger partial charge in [-0.15, -0.1) is 0 Å². The summed E-state index contributed by atoms with van der Waals surface area (Å²) in [6, 6.07) is 16.4. The third-order valence-electron chi connectivity index (χ3n) is 12.9. The van der Waals surface area contributed by atoms with E-state index in [2.05, 4.69) is 70.2 Å². The van der Waals surface area contributed by atoms with Crippen LogP contribution in [-0.2, 0) is 0 Å². The van der Waals surface area contributed by atoms with Crippen molar-refractivity contribution in [3.63, 3.8) is 0 Å². The first kappa shape index (κ1) is 47.5. The summed E-state index contributed by atoms with van der Waals surface area (Å²) in [5.74, 6) is 2.49. The summed E-state index contributed by atoms with van der Waals surface area (Å²) >= 11 is 0. The minimum absolute atomic E-state index is 0. The number of benzene rings is 2. The van der Waals surface area contributed by atoms with E-state index in [4.69, 9.17) is 15.0 Å². The maximum atomic E-state index is 5.58. The first-order chi connectivity index (χ1) is 24.4. The molecule has 0 spiro atoms. The Morgan fingerprint density at radius 1 is 0.463 bits per heavy atom. The van der Waals surface area contributed by atoms with Gasteiger partial charge in [-0.25, -0.2) is 4.98 Å². The fraction of sp³-hybridized carbons (Fsp3) is 0.596. The molecule has 4 aliphatic rings. The number of pyridine rings is 1. The van der Waals surface area contributed by atoms with Gasteiger partial charge >= 0.3 is 40.8 Å². The maximum absolute atomic E-state index is 5.58. The van der Waals surface area contributed by atoms with Gasteiger partial charge in [-0.05, 0) is 137 Å². The van der Waals surface area contributed by atoms with Gasteiger partial charge in [-0.2, -0.15) is 0 Å². The van der Waals surface area contributed by atoms with Crippen LogP contribution in [0.2, 0.25) is 0 Å². The van der Waals surface area contributed by atoms with E-state index < -0.39 is 0 Å². The number of halogens is 3. The van der Waals surface area contributed by atoms with Crippen LogP contribution in [0, 0.1) is 54.7 Å². The molecule has 3 aromatic rings. The molecule has 3 nitrogen and oxygen atoms in total. The quantitative estimate of drug-likeness (QED) is 0.288. The van der Waals surface area contributed by atoms with Crippen molar-refractivity contribution in [2.45, 2.75) is 180 Å². The molecule has 1 aromatic heterocycles. The van der Waals surface area contributed by atoms with Gasteiger partial charge in [0.1, 0.15) is 0 Å². The molecule has 0 bridgehead atoms. The zero-order valence-electron chi connectivity index (χ0n) is 33.5. The summed E-state index contributed by atoms with van der Waals surface area (Å²) in [6.45, 7) is 8.99. The molecule has 291 valence electrons. The van der Waals surface area contributed by atoms with Crippen LogP contribution in [0.15, 0.2) is 52.4 Å². The van der Waals surface area contributed by atoms with Crippen LogP contribution in [0.1, 0.15) is 211 Å². The monoisotopic (exact) mass is 916 g/mol. The number of aromatic nitrogens is 1. The van der Waals surface area contributed by atoms with Gasteiger partial charge < -0.3 is 37.2 Å². The SMILES string of the molecule is CC(=Nc1c(C2CCCCC2)cc(C)cc1C1CCCCC1)c1cccc(C(C)=Nc2c(C3CCCCC3)cc(C)cc2C2CCCCC2)n1.[Cl-].[Cl-].[Cl-].[Nd+3]. The number of hydrogen-bond donors (Lipinski definition) is 0. The third-order valence-corrected chi connectivity index (χ3v) is 12.9. The van der Waals surface area contributed by atoms with E-state index >= 15 is 0 Å². The summed E-state index contributed by atoms with van der Waals surface area (Å²) in [4.78, 5) is 16.5. The Balaban J connectivity index is 0.00000196. The predicted octanol–water partition coefficient (Wildman–Crippen LogP) is 5.18. The van der Waals surface area contributed by atoms with Crippen LogP contribution in [0.3, 0.4) is 0 Å². The van der Waals surface area contributed by atoms with Crippen molar-refractivity contribution < 1.29 is 78.1 Å². The minimum atomic E-state index is 0. The van der Waals surface area contributed by atoms with Crippen molar-refractivity contribution in [1.29, 1.82) is 0 Å². The van der Waals surface area contributed by atoms with Crippen molar-refractivity contribution in [2.24, 2.45) is 9.98 Å². The standard InChI is InChI=1S/C47H63N3.3ClH.Nd/c1-32-28-40(36-18-9-5-10-19-36)46(41(29-32)37-20-11-6-12-21-37)48-34(3)44-26-17-27-45(50-44)35(4)49-47-42(38-22-13-7-14-23-38)30-33(2)31-43(47)39-24-15-8-16-25-39;;;;/h17,26-31,36-39H,5-16,18-25H2,1-4H3;3*1H;/q;;;;+3/p-3. The minimum Gasteiger partial charge on any atom is -1.00 e. The van der Waals surface area contributed by atoms with Gasteiger partial charge in [0.05, 0.1) is 34.2 Å². The van der Waals surface area contributed by atoms with Crippen molar-refractivity contribution >= 4 is 22.8 Å². The van der Waals surface area contributed by atoms with Crippen LogP contribution in [-0.4, -0.2) is 16.4 Å². The van der Waals surface area contributed by atoms with Gasteiger partial charge in [0, 0.05) is 0 Å². The van der Waals surface area contributed by atoms with Gasteiger partial charge in [-0.3, -0.25) is 9.98 Å². The molecule has 0 amide bonds. The smallest absolute Gasteiger partial charge is 1.00 e. The average Bonchev–Trinajstić information content (AvgIpc) is 3.17. The van der Waals surface area contributed by atoms with Gasteiger partial charge in [0.15, 0.2) is 0 Å². The summed E-state index contributed by atoms with van der Waals surface area (Å²) in [5, 5.41) is 0. The second-order valence-corrected chi connectivity index (χ2v) is 16.7. The first-order valence-corrected chi connectivity index (χ1v) is 20.8. The zero-order valence-corrected chi connectivity index (χ0v) is 38.9. The second-order valence-electron chi connectivity index (χ2n) is 16.7. The van der Waals surface area contributed by atoms with E-state index in [1.54, 1.807) is 0 Å². The first-order valence-electron chi connectivity index (χ1n) is 20.8. The Morgan fingerprint density at radius 2 is 0.722 bits per heavy atom. The topological polar surface area (TPSA) is 37.6 Å². The van der Waals surface area contributed by atoms with Gasteiger partial charge in [-0.1, -0.05) is 119 Å². The normalized spacial score (nSPS) is 19.6. The molecule has 1 radical (unpaired) electrons. The van der Waals surface area contributed by atoms with E-state index in [0.29, 0.717) is 23.7 Å². The van der Waals surface area contributed by atoms with Crippen LogP contribution in [0.5, 0.6) is 0 Å². The Kier molecular flexibility index (Phi) is 20.2. The molecule has 0 aliphatic heterocycles. The Morgan fingerprint density at radius 3 is 0.981 bits per heavy atom. The van der Waals surface area contributed by atoms with E-state index in [-0.39, 0.29) is 78.1 Å². The molecule has 0 saturated heterocycles. The number of aliphatic imine (C=N–C) groups is 2. The number of aryl methyl sites for hydroxylation is 2. The van der Waals surface area contributed by atoms with Crippen LogP contribution >= 0.6 is 0 Å². The Hall–Kier alpha value is -0.849. The van der Waals surface area contributed by atoms with E-state index in [1.165, 1.54) is 173 Å². The summed E-state index contributed by atoms with van der Waals surface area (Å²) in [7, 11) is 0. The van der Waals surface area contributed by atoms with Crippen molar-refractivity contribution in [1.82, 2.24) is 4.98 Å². The molecule has 4 fully saturated rings. The second kappa shape index (κ2) is 22.9. The zero-order chi connectivity index (χ0) is 34.5. The summed E-state index contributed by atoms with van der Waals surface area (Å²) in [6.07, 6.45) is 26.6. The fourth-order valence-corrected chi connectivity index (χ4v) is 10.1. The molecule has 4 aliphatic carbocycles. The number of hydrogen-bond acceptors (Lipinski definition) is 3. The maximum Gasteiger partial charge on any atom is 3.00 e. The van der Waals surface area contributed by atoms with Crippen molar-refractivity contribution in [3.05, 3.63) is 87.2 Å². The molecule has 54 heavy (non-hydrogen) atoms. The number of nitrogens with zero attached hydrogens (tertiary/aromatic N) is 3. The number of rotatable bonds is 8. The van der Waals surface area contributed by atoms with Gasteiger partial charge in [0.2, 0.25) is 0 Å². The van der Waals surface area contributed by atoms with E-state index in [9.17, 15) is 0 Å². The van der Waals surface area contributed by atoms with Crippen LogP contribution < -0.4 is 37.2 Å². The fourth-order valence-electron chi connectivity index (χ4n) is 10.1. The average molecular weight is 921 g/mol. The van der Waals surface area contributed by atoms with E-state index in [0.717, 1.165) is 22.8 Å². The Bertz CT molecular complexity index is 1500. The molecule has 0 unspecified atom stereocenters. The molecule has 1 heterocycles. The molecule has 0 atom stereocenters. The van der Waals surface area contributed by atoms with Crippen molar-refractivity contribution in [3.8, 4) is 0 Å².